The number of anilines is 1. The molecule has 5 heteroatoms. The molecule has 126 valence electrons. The highest BCUT2D eigenvalue weighted by molar-refractivity contribution is 5.95. The van der Waals surface area contributed by atoms with Crippen molar-refractivity contribution in [2.75, 3.05) is 5.32 Å². The number of carbonyl (C=O) groups excluding carboxylic acids is 1. The zero-order valence-electron chi connectivity index (χ0n) is 13.8. The monoisotopic (exact) mass is 319 g/mol. The van der Waals surface area contributed by atoms with Gasteiger partial charge in [0.05, 0.1) is 11.7 Å². The zero-order valence-corrected chi connectivity index (χ0v) is 13.8. The summed E-state index contributed by atoms with van der Waals surface area (Å²) in [5.41, 5.74) is 1.45. The van der Waals surface area contributed by atoms with Crippen molar-refractivity contribution in [2.45, 2.75) is 64.6 Å². The minimum absolute atomic E-state index is 0.161. The van der Waals surface area contributed by atoms with Crippen molar-refractivity contribution in [3.05, 3.63) is 29.3 Å². The molecule has 23 heavy (non-hydrogen) atoms. The maximum atomic E-state index is 12.2. The van der Waals surface area contributed by atoms with Gasteiger partial charge in [0.25, 0.3) is 5.91 Å². The van der Waals surface area contributed by atoms with Gasteiger partial charge >= 0.3 is 5.97 Å². The molecule has 1 aliphatic carbocycles. The SMILES string of the molecule is Cc1cc(NC(=O)C(C)OC2CCCCCC2)ccc1C(=O)O. The fourth-order valence-corrected chi connectivity index (χ4v) is 2.95. The molecule has 1 amide bonds. The molecule has 0 bridgehead atoms. The number of amides is 1. The lowest BCUT2D eigenvalue weighted by atomic mass is 10.1. The highest BCUT2D eigenvalue weighted by Crippen LogP contribution is 2.21. The molecule has 0 radical (unpaired) electrons. The van der Waals surface area contributed by atoms with Gasteiger partial charge in [0.15, 0.2) is 0 Å². The molecule has 1 unspecified atom stereocenters. The standard InChI is InChI=1S/C18H25NO4/c1-12-11-14(9-10-16(12)18(21)22)19-17(20)13(2)23-15-7-5-3-4-6-8-15/h9-11,13,15H,3-8H2,1-2H3,(H,19,20)(H,21,22). The molecule has 1 aliphatic rings. The van der Waals surface area contributed by atoms with Crippen LogP contribution in [0.4, 0.5) is 5.69 Å². The topological polar surface area (TPSA) is 75.6 Å². The minimum Gasteiger partial charge on any atom is -0.478 e. The predicted octanol–water partition coefficient (Wildman–Crippen LogP) is 3.76. The van der Waals surface area contributed by atoms with Crippen LogP contribution >= 0.6 is 0 Å². The first-order valence-electron chi connectivity index (χ1n) is 8.27. The van der Waals surface area contributed by atoms with Crippen LogP contribution in [-0.2, 0) is 9.53 Å². The number of aryl methyl sites for hydroxylation is 1. The molecule has 1 saturated carbocycles. The first-order chi connectivity index (χ1) is 11.0. The van der Waals surface area contributed by atoms with Gasteiger partial charge in [0.2, 0.25) is 0 Å². The molecule has 0 aliphatic heterocycles. The summed E-state index contributed by atoms with van der Waals surface area (Å²) in [5, 5.41) is 11.8. The van der Waals surface area contributed by atoms with Crippen LogP contribution in [0.5, 0.6) is 0 Å². The van der Waals surface area contributed by atoms with Gasteiger partial charge < -0.3 is 15.2 Å². The number of nitrogens with one attached hydrogen (secondary N) is 1. The molecule has 1 fully saturated rings. The van der Waals surface area contributed by atoms with E-state index in [9.17, 15) is 9.59 Å². The van der Waals surface area contributed by atoms with Crippen LogP contribution < -0.4 is 5.32 Å². The van der Waals surface area contributed by atoms with E-state index in [4.69, 9.17) is 9.84 Å². The van der Waals surface area contributed by atoms with E-state index in [2.05, 4.69) is 5.32 Å². The number of aromatic carboxylic acids is 1. The maximum absolute atomic E-state index is 12.2. The van der Waals surface area contributed by atoms with E-state index in [0.717, 1.165) is 25.7 Å². The maximum Gasteiger partial charge on any atom is 0.335 e. The highest BCUT2D eigenvalue weighted by Gasteiger charge is 2.20. The van der Waals surface area contributed by atoms with Gasteiger partial charge in [-0.15, -0.1) is 0 Å². The minimum atomic E-state index is -0.967. The summed E-state index contributed by atoms with van der Waals surface area (Å²) < 4.78 is 5.89. The predicted molar refractivity (Wildman–Crippen MR) is 88.8 cm³/mol. The number of carboxylic acid groups (broad SMARTS) is 1. The summed E-state index contributed by atoms with van der Waals surface area (Å²) in [6.07, 6.45) is 6.50. The van der Waals surface area contributed by atoms with Gasteiger partial charge in [-0.25, -0.2) is 4.79 Å². The third-order valence-electron chi connectivity index (χ3n) is 4.29. The van der Waals surface area contributed by atoms with Gasteiger partial charge in [0.1, 0.15) is 6.10 Å². The Morgan fingerprint density at radius 1 is 1.22 bits per heavy atom. The Bertz CT molecular complexity index is 562. The lowest BCUT2D eigenvalue weighted by Gasteiger charge is -2.20. The average Bonchev–Trinajstić information content (AvgIpc) is 2.75. The van der Waals surface area contributed by atoms with Crippen molar-refractivity contribution in [3.8, 4) is 0 Å². The molecular weight excluding hydrogens is 294 g/mol. The van der Waals surface area contributed by atoms with E-state index in [0.29, 0.717) is 11.3 Å². The zero-order chi connectivity index (χ0) is 16.8. The third kappa shape index (κ3) is 5.06. The molecule has 1 aromatic rings. The summed E-state index contributed by atoms with van der Waals surface area (Å²) >= 11 is 0. The largest absolute Gasteiger partial charge is 0.478 e. The molecular formula is C18H25NO4. The number of carboxylic acids is 1. The van der Waals surface area contributed by atoms with Crippen LogP contribution in [0.1, 0.15) is 61.4 Å². The van der Waals surface area contributed by atoms with Crippen LogP contribution in [0.2, 0.25) is 0 Å². The van der Waals surface area contributed by atoms with E-state index >= 15 is 0 Å². The number of rotatable bonds is 5. The van der Waals surface area contributed by atoms with Crippen LogP contribution in [0.15, 0.2) is 18.2 Å². The molecule has 5 nitrogen and oxygen atoms in total. The molecule has 0 spiro atoms. The number of hydrogen-bond acceptors (Lipinski definition) is 3. The van der Waals surface area contributed by atoms with Crippen LogP contribution in [0.25, 0.3) is 0 Å². The first kappa shape index (κ1) is 17.5. The smallest absolute Gasteiger partial charge is 0.335 e. The first-order valence-corrected chi connectivity index (χ1v) is 8.27. The lowest BCUT2D eigenvalue weighted by molar-refractivity contribution is -0.130. The van der Waals surface area contributed by atoms with Gasteiger partial charge in [-0.3, -0.25) is 4.79 Å². The molecule has 0 aromatic heterocycles. The van der Waals surface area contributed by atoms with E-state index in [1.165, 1.54) is 18.9 Å². The third-order valence-corrected chi connectivity index (χ3v) is 4.29. The summed E-state index contributed by atoms with van der Waals surface area (Å²) in [5.74, 6) is -1.16. The normalized spacial score (nSPS) is 17.3. The summed E-state index contributed by atoms with van der Waals surface area (Å²) in [7, 11) is 0. The van der Waals surface area contributed by atoms with Crippen molar-refractivity contribution in [1.29, 1.82) is 0 Å². The molecule has 0 saturated heterocycles. The van der Waals surface area contributed by atoms with Crippen molar-refractivity contribution in [1.82, 2.24) is 0 Å². The second-order valence-electron chi connectivity index (χ2n) is 6.22. The van der Waals surface area contributed by atoms with Crippen LogP contribution in [-0.4, -0.2) is 29.2 Å². The van der Waals surface area contributed by atoms with Gasteiger partial charge in [-0.2, -0.15) is 0 Å². The van der Waals surface area contributed by atoms with Crippen molar-refractivity contribution >= 4 is 17.6 Å². The van der Waals surface area contributed by atoms with Gasteiger partial charge in [0, 0.05) is 5.69 Å². The summed E-state index contributed by atoms with van der Waals surface area (Å²) in [4.78, 5) is 23.3. The van der Waals surface area contributed by atoms with E-state index < -0.39 is 12.1 Å². The van der Waals surface area contributed by atoms with Crippen LogP contribution in [0, 0.1) is 6.92 Å². The van der Waals surface area contributed by atoms with Gasteiger partial charge in [-0.1, -0.05) is 25.7 Å². The lowest BCUT2D eigenvalue weighted by Crippen LogP contribution is -2.31. The molecule has 1 aromatic carbocycles. The second kappa shape index (κ2) is 8.11. The summed E-state index contributed by atoms with van der Waals surface area (Å²) in [6.45, 7) is 3.48. The Hall–Kier alpha value is -1.88. The molecule has 0 heterocycles. The Morgan fingerprint density at radius 3 is 2.43 bits per heavy atom. The van der Waals surface area contributed by atoms with E-state index in [1.807, 2.05) is 0 Å². The highest BCUT2D eigenvalue weighted by atomic mass is 16.5. The molecule has 2 rings (SSSR count). The number of benzene rings is 1. The van der Waals surface area contributed by atoms with Crippen molar-refractivity contribution in [3.63, 3.8) is 0 Å². The van der Waals surface area contributed by atoms with E-state index in [-0.39, 0.29) is 17.6 Å². The van der Waals surface area contributed by atoms with Crippen LogP contribution in [0.3, 0.4) is 0 Å². The second-order valence-corrected chi connectivity index (χ2v) is 6.22. The molecule has 1 atom stereocenters. The Balaban J connectivity index is 1.92. The number of hydrogen-bond donors (Lipinski definition) is 2. The summed E-state index contributed by atoms with van der Waals surface area (Å²) in [6, 6.07) is 4.77. The van der Waals surface area contributed by atoms with Crippen molar-refractivity contribution in [2.24, 2.45) is 0 Å². The fraction of sp³-hybridized carbons (Fsp3) is 0.556. The quantitative estimate of drug-likeness (QED) is 0.810. The van der Waals surface area contributed by atoms with Gasteiger partial charge in [-0.05, 0) is 50.5 Å². The fourth-order valence-electron chi connectivity index (χ4n) is 2.95. The Morgan fingerprint density at radius 2 is 1.87 bits per heavy atom. The Labute approximate surface area is 137 Å². The average molecular weight is 319 g/mol. The van der Waals surface area contributed by atoms with Crippen molar-refractivity contribution < 1.29 is 19.4 Å². The van der Waals surface area contributed by atoms with E-state index in [1.54, 1.807) is 26.0 Å². The number of ether oxygens (including phenoxy) is 1. The Kier molecular flexibility index (Phi) is 6.16. The molecule has 2 N–H and O–H groups in total. The number of carbonyl (C=O) groups is 2.